The van der Waals surface area contributed by atoms with E-state index >= 15 is 0 Å². The number of nitrogens with one attached hydrogen (secondary N) is 1. The van der Waals surface area contributed by atoms with E-state index in [2.05, 4.69) is 5.32 Å². The largest absolute Gasteiger partial charge is 0.494 e. The molecule has 1 N–H and O–H groups in total. The molecule has 9 heteroatoms. The summed E-state index contributed by atoms with van der Waals surface area (Å²) >= 11 is 0. The maximum Gasteiger partial charge on any atom is 0.264 e. The molecule has 0 bridgehead atoms. The van der Waals surface area contributed by atoms with Gasteiger partial charge in [0.05, 0.1) is 31.4 Å². The Morgan fingerprint density at radius 3 is 2.29 bits per heavy atom. The summed E-state index contributed by atoms with van der Waals surface area (Å²) in [7, 11) is -1.25. The topological polar surface area (TPSA) is 94.2 Å². The first kappa shape index (κ1) is 26.8. The molecule has 198 valence electrons. The maximum atomic E-state index is 13.8. The molecule has 38 heavy (non-hydrogen) atoms. The van der Waals surface area contributed by atoms with Crippen LogP contribution in [0.15, 0.2) is 89.8 Å². The van der Waals surface area contributed by atoms with Gasteiger partial charge in [-0.2, -0.15) is 0 Å². The van der Waals surface area contributed by atoms with Crippen molar-refractivity contribution in [2.75, 3.05) is 31.7 Å². The number of carbonyl (C=O) groups excluding carboxylic acids is 1. The predicted molar refractivity (Wildman–Crippen MR) is 147 cm³/mol. The lowest BCUT2D eigenvalue weighted by molar-refractivity contribution is -0.119. The molecule has 4 aromatic carbocycles. The first-order valence-electron chi connectivity index (χ1n) is 12.1. The molecule has 0 aliphatic heterocycles. The second-order valence-corrected chi connectivity index (χ2v) is 10.2. The van der Waals surface area contributed by atoms with Crippen LogP contribution < -0.4 is 23.8 Å². The molecule has 0 aliphatic carbocycles. The number of hydrogen-bond donors (Lipinski definition) is 1. The minimum absolute atomic E-state index is 0.0362. The smallest absolute Gasteiger partial charge is 0.264 e. The van der Waals surface area contributed by atoms with Crippen LogP contribution in [0.4, 0.5) is 5.69 Å². The average molecular weight is 535 g/mol. The second kappa shape index (κ2) is 11.9. The van der Waals surface area contributed by atoms with E-state index in [1.54, 1.807) is 24.3 Å². The number of benzene rings is 4. The van der Waals surface area contributed by atoms with E-state index in [-0.39, 0.29) is 17.2 Å². The fourth-order valence-electron chi connectivity index (χ4n) is 4.12. The second-order valence-electron chi connectivity index (χ2n) is 8.37. The van der Waals surface area contributed by atoms with E-state index in [9.17, 15) is 13.2 Å². The van der Waals surface area contributed by atoms with E-state index in [4.69, 9.17) is 14.2 Å². The van der Waals surface area contributed by atoms with Crippen molar-refractivity contribution in [3.8, 4) is 17.2 Å². The van der Waals surface area contributed by atoms with E-state index in [1.165, 1.54) is 32.4 Å². The van der Waals surface area contributed by atoms with Crippen LogP contribution in [0.25, 0.3) is 10.8 Å². The van der Waals surface area contributed by atoms with Gasteiger partial charge in [-0.25, -0.2) is 8.42 Å². The molecule has 4 rings (SSSR count). The first-order chi connectivity index (χ1) is 18.4. The number of amides is 1. The quantitative estimate of drug-likeness (QED) is 0.298. The minimum atomic E-state index is -4.15. The number of hydrogen-bond acceptors (Lipinski definition) is 6. The SMILES string of the molecule is CCOc1ccc(N(CC(=O)NCc2cccc3ccccc23)S(=O)(=O)c2ccc(OC)c(OC)c2)cc1. The van der Waals surface area contributed by atoms with Gasteiger partial charge in [0.2, 0.25) is 5.91 Å². The van der Waals surface area contributed by atoms with Crippen molar-refractivity contribution in [2.45, 2.75) is 18.4 Å². The Balaban J connectivity index is 1.63. The number of nitrogens with zero attached hydrogens (tertiary/aromatic N) is 1. The van der Waals surface area contributed by atoms with Crippen LogP contribution in [0.5, 0.6) is 17.2 Å². The third kappa shape index (κ3) is 5.84. The fraction of sp³-hybridized carbons (Fsp3) is 0.207. The molecule has 0 saturated carbocycles. The molecule has 0 saturated heterocycles. The third-order valence-electron chi connectivity index (χ3n) is 6.02. The lowest BCUT2D eigenvalue weighted by atomic mass is 10.0. The number of ether oxygens (including phenoxy) is 3. The van der Waals surface area contributed by atoms with Crippen LogP contribution in [0.1, 0.15) is 12.5 Å². The Hall–Kier alpha value is -4.24. The van der Waals surface area contributed by atoms with Crippen LogP contribution in [0.2, 0.25) is 0 Å². The van der Waals surface area contributed by atoms with Crippen LogP contribution in [0.3, 0.4) is 0 Å². The molecule has 0 unspecified atom stereocenters. The van der Waals surface area contributed by atoms with Crippen molar-refractivity contribution in [3.63, 3.8) is 0 Å². The molecule has 0 heterocycles. The normalized spacial score (nSPS) is 11.1. The molecule has 0 radical (unpaired) electrons. The van der Waals surface area contributed by atoms with Gasteiger partial charge in [0.1, 0.15) is 12.3 Å². The molecule has 8 nitrogen and oxygen atoms in total. The maximum absolute atomic E-state index is 13.8. The van der Waals surface area contributed by atoms with Gasteiger partial charge in [-0.05, 0) is 59.7 Å². The Kier molecular flexibility index (Phi) is 8.38. The summed E-state index contributed by atoms with van der Waals surface area (Å²) in [6.45, 7) is 2.18. The van der Waals surface area contributed by atoms with Crippen LogP contribution in [-0.4, -0.2) is 41.7 Å². The third-order valence-corrected chi connectivity index (χ3v) is 7.79. The van der Waals surface area contributed by atoms with Gasteiger partial charge in [0.15, 0.2) is 11.5 Å². The van der Waals surface area contributed by atoms with Crippen molar-refractivity contribution in [1.82, 2.24) is 5.32 Å². The number of anilines is 1. The summed E-state index contributed by atoms with van der Waals surface area (Å²) in [4.78, 5) is 13.1. The van der Waals surface area contributed by atoms with Crippen LogP contribution in [-0.2, 0) is 21.4 Å². The van der Waals surface area contributed by atoms with Crippen molar-refractivity contribution in [1.29, 1.82) is 0 Å². The highest BCUT2D eigenvalue weighted by atomic mass is 32.2. The van der Waals surface area contributed by atoms with Crippen molar-refractivity contribution in [2.24, 2.45) is 0 Å². The summed E-state index contributed by atoms with van der Waals surface area (Å²) in [6, 6.07) is 24.6. The molecule has 0 spiro atoms. The monoisotopic (exact) mass is 534 g/mol. The molecule has 0 aromatic heterocycles. The van der Waals surface area contributed by atoms with Crippen molar-refractivity contribution in [3.05, 3.63) is 90.5 Å². The van der Waals surface area contributed by atoms with E-state index in [0.717, 1.165) is 20.6 Å². The average Bonchev–Trinajstić information content (AvgIpc) is 2.95. The Morgan fingerprint density at radius 2 is 1.58 bits per heavy atom. The molecule has 4 aromatic rings. The molecule has 1 amide bonds. The van der Waals surface area contributed by atoms with Gasteiger partial charge in [-0.3, -0.25) is 9.10 Å². The Morgan fingerprint density at radius 1 is 0.868 bits per heavy atom. The summed E-state index contributed by atoms with van der Waals surface area (Å²) in [5, 5.41) is 4.96. The van der Waals surface area contributed by atoms with E-state index in [1.807, 2.05) is 49.4 Å². The number of rotatable bonds is 11. The van der Waals surface area contributed by atoms with Gasteiger partial charge in [-0.1, -0.05) is 42.5 Å². The number of fused-ring (bicyclic) bond motifs is 1. The summed E-state index contributed by atoms with van der Waals surface area (Å²) in [5.74, 6) is 0.809. The van der Waals surface area contributed by atoms with E-state index in [0.29, 0.717) is 23.8 Å². The summed E-state index contributed by atoms with van der Waals surface area (Å²) in [5.41, 5.74) is 1.26. The standard InChI is InChI=1S/C29H30N2O6S/c1-4-37-24-14-12-23(13-15-24)31(38(33,34)25-16-17-27(35-2)28(18-25)36-3)20-29(32)30-19-22-10-7-9-21-8-5-6-11-26(21)22/h5-18H,4,19-20H2,1-3H3,(H,30,32). The van der Waals surface area contributed by atoms with Gasteiger partial charge >= 0.3 is 0 Å². The number of sulfonamides is 1. The first-order valence-corrected chi connectivity index (χ1v) is 13.5. The molecule has 0 fully saturated rings. The highest BCUT2D eigenvalue weighted by Crippen LogP contribution is 2.32. The summed E-state index contributed by atoms with van der Waals surface area (Å²) in [6.07, 6.45) is 0. The Labute approximate surface area is 222 Å². The van der Waals surface area contributed by atoms with Gasteiger partial charge < -0.3 is 19.5 Å². The van der Waals surface area contributed by atoms with Crippen LogP contribution in [0, 0.1) is 0 Å². The Bertz CT molecular complexity index is 1510. The van der Waals surface area contributed by atoms with Gasteiger partial charge in [-0.15, -0.1) is 0 Å². The van der Waals surface area contributed by atoms with Gasteiger partial charge in [0, 0.05) is 12.6 Å². The minimum Gasteiger partial charge on any atom is -0.494 e. The van der Waals surface area contributed by atoms with Crippen molar-refractivity contribution < 1.29 is 27.4 Å². The lowest BCUT2D eigenvalue weighted by Gasteiger charge is -2.25. The zero-order chi connectivity index (χ0) is 27.1. The fourth-order valence-corrected chi connectivity index (χ4v) is 5.56. The highest BCUT2D eigenvalue weighted by molar-refractivity contribution is 7.92. The molecular formula is C29H30N2O6S. The highest BCUT2D eigenvalue weighted by Gasteiger charge is 2.28. The van der Waals surface area contributed by atoms with E-state index < -0.39 is 22.5 Å². The number of carbonyl (C=O) groups is 1. The molecule has 0 atom stereocenters. The zero-order valence-corrected chi connectivity index (χ0v) is 22.3. The predicted octanol–water partition coefficient (Wildman–Crippen LogP) is 4.77. The molecular weight excluding hydrogens is 504 g/mol. The molecule has 0 aliphatic rings. The van der Waals surface area contributed by atoms with Crippen molar-refractivity contribution >= 4 is 32.4 Å². The summed E-state index contributed by atoms with van der Waals surface area (Å²) < 4.78 is 44.7. The lowest BCUT2D eigenvalue weighted by Crippen LogP contribution is -2.40. The van der Waals surface area contributed by atoms with Crippen LogP contribution >= 0.6 is 0 Å². The zero-order valence-electron chi connectivity index (χ0n) is 21.5. The number of methoxy groups -OCH3 is 2. The van der Waals surface area contributed by atoms with Gasteiger partial charge in [0.25, 0.3) is 10.0 Å².